The van der Waals surface area contributed by atoms with E-state index < -0.39 is 11.7 Å². The molecule has 4 rings (SSSR count). The molecule has 1 N–H and O–H groups in total. The molecule has 0 aromatic heterocycles. The van der Waals surface area contributed by atoms with Crippen molar-refractivity contribution in [2.45, 2.75) is 13.3 Å². The fourth-order valence-electron chi connectivity index (χ4n) is 3.49. The van der Waals surface area contributed by atoms with Crippen LogP contribution in [0.3, 0.4) is 0 Å². The number of fused-ring (bicyclic) bond motifs is 1. The molecule has 0 bridgehead atoms. The van der Waals surface area contributed by atoms with E-state index in [1.807, 2.05) is 31.2 Å². The Morgan fingerprint density at radius 3 is 2.78 bits per heavy atom. The summed E-state index contributed by atoms with van der Waals surface area (Å²) in [6.45, 7) is 2.84. The van der Waals surface area contributed by atoms with Crippen molar-refractivity contribution in [3.63, 3.8) is 0 Å². The average Bonchev–Trinajstić information content (AvgIpc) is 2.78. The van der Waals surface area contributed by atoms with Gasteiger partial charge in [-0.15, -0.1) is 0 Å². The van der Waals surface area contributed by atoms with Crippen molar-refractivity contribution in [1.29, 1.82) is 0 Å². The van der Waals surface area contributed by atoms with Crippen LogP contribution in [0.15, 0.2) is 66.7 Å². The third-order valence-electron chi connectivity index (χ3n) is 5.06. The highest BCUT2D eigenvalue weighted by Crippen LogP contribution is 2.35. The van der Waals surface area contributed by atoms with Gasteiger partial charge in [-0.25, -0.2) is 4.39 Å². The van der Waals surface area contributed by atoms with Crippen LogP contribution in [-0.4, -0.2) is 31.6 Å². The summed E-state index contributed by atoms with van der Waals surface area (Å²) in [6, 6.07) is 18.6. The quantitative estimate of drug-likeness (QED) is 0.553. The summed E-state index contributed by atoms with van der Waals surface area (Å²) < 4.78 is 25.2. The molecule has 0 spiro atoms. The summed E-state index contributed by atoms with van der Waals surface area (Å²) in [5.41, 5.74) is 2.06. The summed E-state index contributed by atoms with van der Waals surface area (Å²) in [5, 5.41) is 2.68. The van der Waals surface area contributed by atoms with Gasteiger partial charge in [0.15, 0.2) is 6.61 Å². The second-order valence-electron chi connectivity index (χ2n) is 7.47. The largest absolute Gasteiger partial charge is 0.494 e. The molecule has 0 atom stereocenters. The van der Waals surface area contributed by atoms with E-state index in [0.717, 1.165) is 11.3 Å². The van der Waals surface area contributed by atoms with E-state index in [-0.39, 0.29) is 18.1 Å². The molecule has 32 heavy (non-hydrogen) atoms. The van der Waals surface area contributed by atoms with Crippen molar-refractivity contribution in [3.05, 3.63) is 83.7 Å². The number of hydrogen-bond acceptors (Lipinski definition) is 4. The number of halogens is 1. The van der Waals surface area contributed by atoms with Gasteiger partial charge in [0.2, 0.25) is 0 Å². The average molecular weight is 434 g/mol. The highest BCUT2D eigenvalue weighted by molar-refractivity contribution is 6.05. The zero-order valence-electron chi connectivity index (χ0n) is 17.6. The van der Waals surface area contributed by atoms with Gasteiger partial charge < -0.3 is 19.7 Å². The first-order valence-corrected chi connectivity index (χ1v) is 10.3. The second-order valence-corrected chi connectivity index (χ2v) is 7.47. The molecule has 1 aliphatic rings. The fraction of sp³-hybridized carbons (Fsp3) is 0.200. The van der Waals surface area contributed by atoms with Gasteiger partial charge >= 0.3 is 0 Å². The number of carbonyl (C=O) groups is 2. The van der Waals surface area contributed by atoms with E-state index in [1.54, 1.807) is 29.2 Å². The molecular weight excluding hydrogens is 411 g/mol. The van der Waals surface area contributed by atoms with E-state index in [1.165, 1.54) is 18.2 Å². The first-order chi connectivity index (χ1) is 15.5. The van der Waals surface area contributed by atoms with Gasteiger partial charge in [-0.2, -0.15) is 0 Å². The molecule has 2 amide bonds. The number of nitrogens with one attached hydrogen (secondary N) is 1. The van der Waals surface area contributed by atoms with Crippen molar-refractivity contribution in [2.75, 3.05) is 30.0 Å². The fourth-order valence-corrected chi connectivity index (χ4v) is 3.49. The molecule has 7 heteroatoms. The van der Waals surface area contributed by atoms with Gasteiger partial charge in [-0.05, 0) is 61.4 Å². The maximum atomic E-state index is 13.9. The van der Waals surface area contributed by atoms with Crippen molar-refractivity contribution in [3.8, 4) is 11.5 Å². The van der Waals surface area contributed by atoms with Crippen LogP contribution in [-0.2, 0) is 4.79 Å². The minimum Gasteiger partial charge on any atom is -0.494 e. The normalized spacial score (nSPS) is 12.7. The Labute approximate surface area is 185 Å². The standard InChI is InChI=1S/C25H23FN2O4/c1-17-6-4-7-19(14-17)31-13-5-12-28-22-15-18(10-11-23(22)32-16-24(28)29)27-25(30)20-8-2-3-9-21(20)26/h2-4,6-11,14-15H,5,12-13,16H2,1H3,(H,27,30). The lowest BCUT2D eigenvalue weighted by Crippen LogP contribution is -2.39. The molecule has 0 saturated carbocycles. The number of rotatable bonds is 7. The van der Waals surface area contributed by atoms with Gasteiger partial charge in [-0.3, -0.25) is 9.59 Å². The van der Waals surface area contributed by atoms with E-state index in [4.69, 9.17) is 9.47 Å². The number of hydrogen-bond donors (Lipinski definition) is 1. The van der Waals surface area contributed by atoms with Crippen LogP contribution in [0.2, 0.25) is 0 Å². The van der Waals surface area contributed by atoms with Crippen LogP contribution in [0.1, 0.15) is 22.3 Å². The summed E-state index contributed by atoms with van der Waals surface area (Å²) >= 11 is 0. The van der Waals surface area contributed by atoms with Crippen molar-refractivity contribution < 1.29 is 23.5 Å². The number of carbonyl (C=O) groups excluding carboxylic acids is 2. The van der Waals surface area contributed by atoms with Gasteiger partial charge in [-0.1, -0.05) is 24.3 Å². The Morgan fingerprint density at radius 2 is 1.97 bits per heavy atom. The Bertz CT molecular complexity index is 1150. The maximum absolute atomic E-state index is 13.9. The molecule has 3 aromatic carbocycles. The van der Waals surface area contributed by atoms with E-state index in [2.05, 4.69) is 5.32 Å². The first kappa shape index (κ1) is 21.4. The van der Waals surface area contributed by atoms with E-state index in [0.29, 0.717) is 36.7 Å². The third kappa shape index (κ3) is 4.88. The van der Waals surface area contributed by atoms with Crippen LogP contribution in [0.25, 0.3) is 0 Å². The Kier molecular flexibility index (Phi) is 6.35. The maximum Gasteiger partial charge on any atom is 0.265 e. The van der Waals surface area contributed by atoms with E-state index >= 15 is 0 Å². The highest BCUT2D eigenvalue weighted by Gasteiger charge is 2.26. The number of ether oxygens (including phenoxy) is 2. The minimum absolute atomic E-state index is 0.0489. The lowest BCUT2D eigenvalue weighted by Gasteiger charge is -2.30. The molecule has 164 valence electrons. The molecule has 1 heterocycles. The number of anilines is 2. The summed E-state index contributed by atoms with van der Waals surface area (Å²) in [5.74, 6) is -0.00325. The van der Waals surface area contributed by atoms with Crippen molar-refractivity contribution in [2.24, 2.45) is 0 Å². The number of nitrogens with zero attached hydrogens (tertiary/aromatic N) is 1. The van der Waals surface area contributed by atoms with Crippen LogP contribution in [0, 0.1) is 12.7 Å². The zero-order chi connectivity index (χ0) is 22.5. The molecule has 1 aliphatic heterocycles. The van der Waals surface area contributed by atoms with Crippen molar-refractivity contribution >= 4 is 23.2 Å². The van der Waals surface area contributed by atoms with Crippen LogP contribution in [0.5, 0.6) is 11.5 Å². The predicted octanol–water partition coefficient (Wildman–Crippen LogP) is 4.58. The molecule has 0 radical (unpaired) electrons. The van der Waals surface area contributed by atoms with Crippen LogP contribution < -0.4 is 19.7 Å². The lowest BCUT2D eigenvalue weighted by molar-refractivity contribution is -0.121. The molecule has 0 fully saturated rings. The number of amides is 2. The zero-order valence-corrected chi connectivity index (χ0v) is 17.6. The molecular formula is C25H23FN2O4. The second kappa shape index (κ2) is 9.51. The van der Waals surface area contributed by atoms with E-state index in [9.17, 15) is 14.0 Å². The lowest BCUT2D eigenvalue weighted by atomic mass is 10.1. The predicted molar refractivity (Wildman–Crippen MR) is 120 cm³/mol. The van der Waals surface area contributed by atoms with Gasteiger partial charge in [0.1, 0.15) is 17.3 Å². The summed E-state index contributed by atoms with van der Waals surface area (Å²) in [7, 11) is 0. The smallest absolute Gasteiger partial charge is 0.265 e. The Balaban J connectivity index is 1.43. The summed E-state index contributed by atoms with van der Waals surface area (Å²) in [6.07, 6.45) is 0.616. The number of benzene rings is 3. The topological polar surface area (TPSA) is 67.9 Å². The van der Waals surface area contributed by atoms with Gasteiger partial charge in [0, 0.05) is 12.2 Å². The highest BCUT2D eigenvalue weighted by atomic mass is 19.1. The monoisotopic (exact) mass is 434 g/mol. The van der Waals surface area contributed by atoms with Crippen LogP contribution >= 0.6 is 0 Å². The summed E-state index contributed by atoms with van der Waals surface area (Å²) in [4.78, 5) is 26.5. The Morgan fingerprint density at radius 1 is 1.12 bits per heavy atom. The molecule has 3 aromatic rings. The molecule has 0 unspecified atom stereocenters. The van der Waals surface area contributed by atoms with Gasteiger partial charge in [0.25, 0.3) is 11.8 Å². The van der Waals surface area contributed by atoms with Crippen molar-refractivity contribution in [1.82, 2.24) is 0 Å². The molecule has 0 aliphatic carbocycles. The van der Waals surface area contributed by atoms with Gasteiger partial charge in [0.05, 0.1) is 17.9 Å². The minimum atomic E-state index is -0.600. The molecule has 6 nitrogen and oxygen atoms in total. The first-order valence-electron chi connectivity index (χ1n) is 10.3. The molecule has 0 saturated heterocycles. The third-order valence-corrected chi connectivity index (χ3v) is 5.06. The van der Waals surface area contributed by atoms with Crippen LogP contribution in [0.4, 0.5) is 15.8 Å². The SMILES string of the molecule is Cc1cccc(OCCCN2C(=O)COc3ccc(NC(=O)c4ccccc4F)cc32)c1. The Hall–Kier alpha value is -3.87. The number of aryl methyl sites for hydroxylation is 1.